The molecule has 0 radical (unpaired) electrons. The highest BCUT2D eigenvalue weighted by molar-refractivity contribution is 7.89. The molecule has 0 aromatic heterocycles. The van der Waals surface area contributed by atoms with E-state index in [1.165, 1.54) is 0 Å². The smallest absolute Gasteiger partial charge is 0.258 e. The van der Waals surface area contributed by atoms with E-state index in [1.807, 2.05) is 44.2 Å². The van der Waals surface area contributed by atoms with Gasteiger partial charge >= 0.3 is 0 Å². The number of nitrogens with one attached hydrogen (secondary N) is 1. The Morgan fingerprint density at radius 1 is 1.00 bits per heavy atom. The van der Waals surface area contributed by atoms with Crippen molar-refractivity contribution in [3.05, 3.63) is 71.8 Å². The molecule has 138 valence electrons. The van der Waals surface area contributed by atoms with Gasteiger partial charge in [0, 0.05) is 28.9 Å². The van der Waals surface area contributed by atoms with Crippen LogP contribution >= 0.6 is 0 Å². The van der Waals surface area contributed by atoms with E-state index in [4.69, 9.17) is 0 Å². The van der Waals surface area contributed by atoms with Crippen LogP contribution in [0.3, 0.4) is 0 Å². The van der Waals surface area contributed by atoms with Crippen LogP contribution in [-0.2, 0) is 10.0 Å². The van der Waals surface area contributed by atoms with Gasteiger partial charge in [-0.3, -0.25) is 4.79 Å². The highest BCUT2D eigenvalue weighted by Crippen LogP contribution is 2.40. The first kappa shape index (κ1) is 17.7. The van der Waals surface area contributed by atoms with E-state index in [2.05, 4.69) is 4.72 Å². The molecule has 3 aromatic rings. The Bertz CT molecular complexity index is 1140. The summed E-state index contributed by atoms with van der Waals surface area (Å²) >= 11 is 0. The molecule has 0 bridgehead atoms. The van der Waals surface area contributed by atoms with E-state index in [1.54, 1.807) is 35.2 Å². The summed E-state index contributed by atoms with van der Waals surface area (Å²) in [7, 11) is -3.76. The number of nitrogens with zero attached hydrogens (tertiary/aromatic N) is 1. The van der Waals surface area contributed by atoms with Crippen molar-refractivity contribution >= 4 is 32.4 Å². The lowest BCUT2D eigenvalue weighted by atomic mass is 10.1. The first-order chi connectivity index (χ1) is 12.9. The van der Waals surface area contributed by atoms with Crippen molar-refractivity contribution in [3.63, 3.8) is 0 Å². The van der Waals surface area contributed by atoms with Crippen LogP contribution < -0.4 is 9.62 Å². The summed E-state index contributed by atoms with van der Waals surface area (Å²) in [6.45, 7) is 4.26. The van der Waals surface area contributed by atoms with Crippen LogP contribution in [0.1, 0.15) is 35.8 Å². The molecule has 1 atom stereocenters. The fraction of sp³-hybridized carbons (Fsp3) is 0.190. The number of benzene rings is 3. The molecule has 1 aliphatic heterocycles. The van der Waals surface area contributed by atoms with Crippen molar-refractivity contribution in [2.75, 3.05) is 11.4 Å². The molecule has 0 saturated carbocycles. The molecular weight excluding hydrogens is 360 g/mol. The Hall–Kier alpha value is -2.70. The second kappa shape index (κ2) is 6.48. The summed E-state index contributed by atoms with van der Waals surface area (Å²) in [6, 6.07) is 17.6. The quantitative estimate of drug-likeness (QED) is 0.731. The number of amides is 1. The second-order valence-electron chi connectivity index (χ2n) is 6.61. The van der Waals surface area contributed by atoms with Gasteiger partial charge in [-0.15, -0.1) is 0 Å². The van der Waals surface area contributed by atoms with Gasteiger partial charge in [-0.05, 0) is 37.6 Å². The van der Waals surface area contributed by atoms with Crippen LogP contribution in [0.4, 0.5) is 5.69 Å². The Balaban J connectivity index is 1.81. The van der Waals surface area contributed by atoms with Crippen molar-refractivity contribution in [2.45, 2.75) is 24.8 Å². The summed E-state index contributed by atoms with van der Waals surface area (Å²) in [6.07, 6.45) is 0. The van der Waals surface area contributed by atoms with Crippen LogP contribution in [0.2, 0.25) is 0 Å². The molecular formula is C21H20N2O3S. The maximum absolute atomic E-state index is 13.1. The van der Waals surface area contributed by atoms with Crippen LogP contribution in [0, 0.1) is 0 Å². The van der Waals surface area contributed by atoms with E-state index in [0.29, 0.717) is 22.9 Å². The summed E-state index contributed by atoms with van der Waals surface area (Å²) in [5, 5.41) is 1.28. The van der Waals surface area contributed by atoms with E-state index in [0.717, 1.165) is 11.3 Å². The SMILES string of the molecule is CCN1C(=O)c2cccc3c(S(=O)(=O)N[C@H](C)c4ccccc4)ccc1c23. The van der Waals surface area contributed by atoms with Gasteiger partial charge in [0.2, 0.25) is 10.0 Å². The third-order valence-corrected chi connectivity index (χ3v) is 6.58. The number of sulfonamides is 1. The number of hydrogen-bond acceptors (Lipinski definition) is 3. The van der Waals surface area contributed by atoms with Crippen molar-refractivity contribution in [3.8, 4) is 0 Å². The number of carbonyl (C=O) groups excluding carboxylic acids is 1. The molecule has 1 heterocycles. The zero-order valence-electron chi connectivity index (χ0n) is 15.1. The average molecular weight is 380 g/mol. The molecule has 4 rings (SSSR count). The van der Waals surface area contributed by atoms with E-state index in [-0.39, 0.29) is 16.8 Å². The minimum absolute atomic E-state index is 0.0849. The van der Waals surface area contributed by atoms with Crippen LogP contribution in [-0.4, -0.2) is 20.9 Å². The van der Waals surface area contributed by atoms with E-state index < -0.39 is 10.0 Å². The molecule has 6 heteroatoms. The molecule has 0 aliphatic carbocycles. The lowest BCUT2D eigenvalue weighted by Gasteiger charge is -2.17. The molecule has 1 amide bonds. The zero-order chi connectivity index (χ0) is 19.2. The Labute approximate surface area is 158 Å². The van der Waals surface area contributed by atoms with Crippen molar-refractivity contribution in [1.29, 1.82) is 0 Å². The molecule has 27 heavy (non-hydrogen) atoms. The third kappa shape index (κ3) is 2.81. The van der Waals surface area contributed by atoms with Crippen molar-refractivity contribution in [1.82, 2.24) is 4.72 Å². The molecule has 3 aromatic carbocycles. The lowest BCUT2D eigenvalue weighted by Crippen LogP contribution is -2.27. The van der Waals surface area contributed by atoms with E-state index >= 15 is 0 Å². The third-order valence-electron chi connectivity index (χ3n) is 4.98. The zero-order valence-corrected chi connectivity index (χ0v) is 16.0. The highest BCUT2D eigenvalue weighted by Gasteiger charge is 2.31. The normalized spacial score (nSPS) is 14.7. The van der Waals surface area contributed by atoms with Crippen molar-refractivity contribution < 1.29 is 13.2 Å². The average Bonchev–Trinajstić information content (AvgIpc) is 2.95. The number of anilines is 1. The molecule has 0 saturated heterocycles. The van der Waals surface area contributed by atoms with Crippen molar-refractivity contribution in [2.24, 2.45) is 0 Å². The standard InChI is InChI=1S/C21H20N2O3S/c1-3-23-18-12-13-19(16-10-7-11-17(20(16)18)21(23)24)27(25,26)22-14(2)15-8-5-4-6-9-15/h4-14,22H,3H2,1-2H3/t14-/m1/s1. The van der Waals surface area contributed by atoms with Gasteiger partial charge in [0.15, 0.2) is 0 Å². The minimum Gasteiger partial charge on any atom is -0.308 e. The first-order valence-electron chi connectivity index (χ1n) is 8.89. The van der Waals surface area contributed by atoms with Gasteiger partial charge in [0.05, 0.1) is 10.6 Å². The Kier molecular flexibility index (Phi) is 4.25. The summed E-state index contributed by atoms with van der Waals surface area (Å²) in [5.74, 6) is -0.0849. The summed E-state index contributed by atoms with van der Waals surface area (Å²) < 4.78 is 28.9. The monoisotopic (exact) mass is 380 g/mol. The summed E-state index contributed by atoms with van der Waals surface area (Å²) in [4.78, 5) is 14.5. The highest BCUT2D eigenvalue weighted by atomic mass is 32.2. The largest absolute Gasteiger partial charge is 0.308 e. The van der Waals surface area contributed by atoms with Gasteiger partial charge in [-0.1, -0.05) is 42.5 Å². The van der Waals surface area contributed by atoms with Gasteiger partial charge in [0.1, 0.15) is 0 Å². The molecule has 5 nitrogen and oxygen atoms in total. The molecule has 1 N–H and O–H groups in total. The summed E-state index contributed by atoms with van der Waals surface area (Å²) in [5.41, 5.74) is 2.21. The minimum atomic E-state index is -3.76. The van der Waals surface area contributed by atoms with Gasteiger partial charge in [0.25, 0.3) is 5.91 Å². The van der Waals surface area contributed by atoms with Crippen LogP contribution in [0.15, 0.2) is 65.6 Å². The number of rotatable bonds is 5. The fourth-order valence-electron chi connectivity index (χ4n) is 3.67. The van der Waals surface area contributed by atoms with Gasteiger partial charge in [-0.25, -0.2) is 13.1 Å². The van der Waals surface area contributed by atoms with E-state index in [9.17, 15) is 13.2 Å². The molecule has 1 aliphatic rings. The topological polar surface area (TPSA) is 66.5 Å². The van der Waals surface area contributed by atoms with Gasteiger partial charge < -0.3 is 4.90 Å². The van der Waals surface area contributed by atoms with Crippen LogP contribution in [0.25, 0.3) is 10.8 Å². The van der Waals surface area contributed by atoms with Gasteiger partial charge in [-0.2, -0.15) is 0 Å². The number of carbonyl (C=O) groups is 1. The van der Waals surface area contributed by atoms with Crippen LogP contribution in [0.5, 0.6) is 0 Å². The maximum Gasteiger partial charge on any atom is 0.258 e. The first-order valence-corrected chi connectivity index (χ1v) is 10.4. The second-order valence-corrected chi connectivity index (χ2v) is 8.30. The predicted octanol–water partition coefficient (Wildman–Crippen LogP) is 3.86. The number of hydrogen-bond donors (Lipinski definition) is 1. The Morgan fingerprint density at radius 3 is 2.44 bits per heavy atom. The maximum atomic E-state index is 13.1. The molecule has 0 fully saturated rings. The molecule has 0 spiro atoms. The molecule has 0 unspecified atom stereocenters. The Morgan fingerprint density at radius 2 is 1.74 bits per heavy atom. The predicted molar refractivity (Wildman–Crippen MR) is 106 cm³/mol. The lowest BCUT2D eigenvalue weighted by molar-refractivity contribution is 0.0994. The fourth-order valence-corrected chi connectivity index (χ4v) is 5.11.